The van der Waals surface area contributed by atoms with E-state index in [2.05, 4.69) is 4.90 Å². The molecule has 1 amide bonds. The Bertz CT molecular complexity index is 510. The molecule has 1 aliphatic heterocycles. The molecule has 0 saturated carbocycles. The molecule has 2 rings (SSSR count). The molecule has 122 valence electrons. The van der Waals surface area contributed by atoms with Crippen LogP contribution in [0.1, 0.15) is 20.8 Å². The number of rotatable bonds is 2. The Morgan fingerprint density at radius 2 is 1.95 bits per heavy atom. The van der Waals surface area contributed by atoms with Crippen molar-refractivity contribution in [3.8, 4) is 0 Å². The first-order valence-electron chi connectivity index (χ1n) is 7.51. The van der Waals surface area contributed by atoms with Crippen LogP contribution < -0.4 is 10.6 Å². The molecule has 1 aromatic carbocycles. The Kier molecular flexibility index (Phi) is 4.81. The lowest BCUT2D eigenvalue weighted by Gasteiger charge is -2.42. The van der Waals surface area contributed by atoms with E-state index in [0.717, 1.165) is 5.69 Å². The van der Waals surface area contributed by atoms with Crippen molar-refractivity contribution < 1.29 is 14.6 Å². The third kappa shape index (κ3) is 4.04. The molecule has 0 radical (unpaired) electrons. The number of carbonyl (C=O) groups is 1. The lowest BCUT2D eigenvalue weighted by molar-refractivity contribution is 0.0197. The fourth-order valence-electron chi connectivity index (χ4n) is 2.51. The smallest absolute Gasteiger partial charge is 0.410 e. The van der Waals surface area contributed by atoms with Gasteiger partial charge in [-0.2, -0.15) is 0 Å². The molecule has 1 heterocycles. The molecule has 0 bridgehead atoms. The molecule has 1 unspecified atom stereocenters. The molecule has 1 aromatic rings. The van der Waals surface area contributed by atoms with Crippen LogP contribution in [-0.4, -0.2) is 54.0 Å². The summed E-state index contributed by atoms with van der Waals surface area (Å²) in [5.74, 6) is 0. The number of amides is 1. The number of hydrogen-bond donors (Lipinski definition) is 2. The van der Waals surface area contributed by atoms with Gasteiger partial charge in [-0.15, -0.1) is 0 Å². The van der Waals surface area contributed by atoms with Gasteiger partial charge < -0.3 is 25.4 Å². The highest BCUT2D eigenvalue weighted by Gasteiger charge is 2.31. The van der Waals surface area contributed by atoms with E-state index in [1.165, 1.54) is 0 Å². The van der Waals surface area contributed by atoms with Gasteiger partial charge in [-0.25, -0.2) is 4.79 Å². The second kappa shape index (κ2) is 6.44. The first-order chi connectivity index (χ1) is 10.3. The van der Waals surface area contributed by atoms with Gasteiger partial charge >= 0.3 is 6.09 Å². The van der Waals surface area contributed by atoms with Crippen LogP contribution in [0.5, 0.6) is 0 Å². The van der Waals surface area contributed by atoms with Gasteiger partial charge in [-0.05, 0) is 45.0 Å². The van der Waals surface area contributed by atoms with Crippen LogP contribution in [-0.2, 0) is 4.74 Å². The van der Waals surface area contributed by atoms with Gasteiger partial charge in [-0.3, -0.25) is 0 Å². The maximum Gasteiger partial charge on any atom is 0.410 e. The molecule has 22 heavy (non-hydrogen) atoms. The van der Waals surface area contributed by atoms with Gasteiger partial charge in [0, 0.05) is 31.0 Å². The van der Waals surface area contributed by atoms with Crippen LogP contribution in [0.4, 0.5) is 16.2 Å². The van der Waals surface area contributed by atoms with E-state index in [4.69, 9.17) is 10.5 Å². The SMILES string of the molecule is CC(C)(C)OC(=O)N1CCN(c2ccc(N)cc2)C(CO)C1. The number of benzene rings is 1. The summed E-state index contributed by atoms with van der Waals surface area (Å²) in [5.41, 5.74) is 6.90. The average Bonchev–Trinajstić information content (AvgIpc) is 2.45. The fraction of sp³-hybridized carbons (Fsp3) is 0.562. The van der Waals surface area contributed by atoms with Crippen LogP contribution in [0, 0.1) is 0 Å². The highest BCUT2D eigenvalue weighted by molar-refractivity contribution is 5.69. The van der Waals surface area contributed by atoms with E-state index in [1.54, 1.807) is 4.90 Å². The topological polar surface area (TPSA) is 79.0 Å². The van der Waals surface area contributed by atoms with Crippen LogP contribution in [0.25, 0.3) is 0 Å². The van der Waals surface area contributed by atoms with E-state index in [0.29, 0.717) is 25.3 Å². The Hall–Kier alpha value is -1.95. The highest BCUT2D eigenvalue weighted by atomic mass is 16.6. The largest absolute Gasteiger partial charge is 0.444 e. The molecule has 1 saturated heterocycles. The van der Waals surface area contributed by atoms with Crippen molar-refractivity contribution >= 4 is 17.5 Å². The zero-order valence-electron chi connectivity index (χ0n) is 13.5. The quantitative estimate of drug-likeness (QED) is 0.813. The van der Waals surface area contributed by atoms with E-state index in [-0.39, 0.29) is 18.7 Å². The lowest BCUT2D eigenvalue weighted by atomic mass is 10.1. The van der Waals surface area contributed by atoms with Crippen LogP contribution in [0.15, 0.2) is 24.3 Å². The molecule has 0 aliphatic carbocycles. The maximum absolute atomic E-state index is 12.2. The molecule has 3 N–H and O–H groups in total. The summed E-state index contributed by atoms with van der Waals surface area (Å²) in [6.45, 7) is 7.17. The van der Waals surface area contributed by atoms with E-state index >= 15 is 0 Å². The maximum atomic E-state index is 12.2. The van der Waals surface area contributed by atoms with Crippen LogP contribution in [0.2, 0.25) is 0 Å². The number of nitrogens with zero attached hydrogens (tertiary/aromatic N) is 2. The van der Waals surface area contributed by atoms with E-state index in [1.807, 2.05) is 45.0 Å². The van der Waals surface area contributed by atoms with Gasteiger partial charge in [0.05, 0.1) is 12.6 Å². The minimum Gasteiger partial charge on any atom is -0.444 e. The number of ether oxygens (including phenoxy) is 1. The van der Waals surface area contributed by atoms with Crippen molar-refractivity contribution in [3.63, 3.8) is 0 Å². The molecule has 0 spiro atoms. The number of aliphatic hydroxyl groups excluding tert-OH is 1. The molecule has 1 aliphatic rings. The number of piperazine rings is 1. The lowest BCUT2D eigenvalue weighted by Crippen LogP contribution is -2.57. The number of nitrogen functional groups attached to an aromatic ring is 1. The second-order valence-electron chi connectivity index (χ2n) is 6.55. The number of anilines is 2. The summed E-state index contributed by atoms with van der Waals surface area (Å²) in [6, 6.07) is 7.39. The van der Waals surface area contributed by atoms with Gasteiger partial charge in [0.2, 0.25) is 0 Å². The third-order valence-corrected chi connectivity index (χ3v) is 3.57. The normalized spacial score (nSPS) is 19.2. The van der Waals surface area contributed by atoms with Crippen molar-refractivity contribution in [1.82, 2.24) is 4.90 Å². The molecular weight excluding hydrogens is 282 g/mol. The van der Waals surface area contributed by atoms with Crippen molar-refractivity contribution in [2.75, 3.05) is 36.9 Å². The monoisotopic (exact) mass is 307 g/mol. The molecular formula is C16H25N3O3. The zero-order valence-corrected chi connectivity index (χ0v) is 13.5. The summed E-state index contributed by atoms with van der Waals surface area (Å²) >= 11 is 0. The predicted octanol–water partition coefficient (Wildman–Crippen LogP) is 1.69. The zero-order chi connectivity index (χ0) is 16.3. The summed E-state index contributed by atoms with van der Waals surface area (Å²) in [7, 11) is 0. The Morgan fingerprint density at radius 1 is 1.32 bits per heavy atom. The Labute approximate surface area is 131 Å². The molecule has 0 aromatic heterocycles. The number of hydrogen-bond acceptors (Lipinski definition) is 5. The minimum atomic E-state index is -0.514. The van der Waals surface area contributed by atoms with Crippen molar-refractivity contribution in [2.24, 2.45) is 0 Å². The fourth-order valence-corrected chi connectivity index (χ4v) is 2.51. The van der Waals surface area contributed by atoms with Gasteiger partial charge in [0.1, 0.15) is 5.60 Å². The molecule has 6 heteroatoms. The number of carbonyl (C=O) groups excluding carboxylic acids is 1. The van der Waals surface area contributed by atoms with Crippen LogP contribution >= 0.6 is 0 Å². The second-order valence-corrected chi connectivity index (χ2v) is 6.55. The van der Waals surface area contributed by atoms with Gasteiger partial charge in [0.25, 0.3) is 0 Å². The first kappa shape index (κ1) is 16.4. The number of nitrogens with two attached hydrogens (primary N) is 1. The van der Waals surface area contributed by atoms with Crippen molar-refractivity contribution in [1.29, 1.82) is 0 Å². The third-order valence-electron chi connectivity index (χ3n) is 3.57. The predicted molar refractivity (Wildman–Crippen MR) is 86.9 cm³/mol. The average molecular weight is 307 g/mol. The Balaban J connectivity index is 2.05. The number of aliphatic hydroxyl groups is 1. The summed E-state index contributed by atoms with van der Waals surface area (Å²) in [4.78, 5) is 15.9. The molecule has 1 fully saturated rings. The summed E-state index contributed by atoms with van der Waals surface area (Å²) in [5, 5.41) is 9.66. The molecule has 6 nitrogen and oxygen atoms in total. The van der Waals surface area contributed by atoms with Gasteiger partial charge in [-0.1, -0.05) is 0 Å². The summed E-state index contributed by atoms with van der Waals surface area (Å²) < 4.78 is 5.40. The standard InChI is InChI=1S/C16H25N3O3/c1-16(2,3)22-15(21)18-8-9-19(14(10-18)11-20)13-6-4-12(17)5-7-13/h4-7,14,20H,8-11,17H2,1-3H3. The van der Waals surface area contributed by atoms with Gasteiger partial charge in [0.15, 0.2) is 0 Å². The van der Waals surface area contributed by atoms with Crippen LogP contribution in [0.3, 0.4) is 0 Å². The van der Waals surface area contributed by atoms with Crippen molar-refractivity contribution in [2.45, 2.75) is 32.4 Å². The first-order valence-corrected chi connectivity index (χ1v) is 7.51. The van der Waals surface area contributed by atoms with Crippen molar-refractivity contribution in [3.05, 3.63) is 24.3 Å². The highest BCUT2D eigenvalue weighted by Crippen LogP contribution is 2.22. The van der Waals surface area contributed by atoms with E-state index < -0.39 is 5.60 Å². The minimum absolute atomic E-state index is 0.0241. The Morgan fingerprint density at radius 3 is 2.50 bits per heavy atom. The van der Waals surface area contributed by atoms with E-state index in [9.17, 15) is 9.90 Å². The molecule has 1 atom stereocenters. The summed E-state index contributed by atoms with van der Waals surface area (Å²) in [6.07, 6.45) is -0.331.